The highest BCUT2D eigenvalue weighted by molar-refractivity contribution is 5.91. The molecule has 0 aromatic heterocycles. The highest BCUT2D eigenvalue weighted by Gasteiger charge is 2.23. The Labute approximate surface area is 127 Å². The van der Waals surface area contributed by atoms with E-state index in [1.807, 2.05) is 0 Å². The van der Waals surface area contributed by atoms with E-state index in [1.165, 1.54) is 22.7 Å². The van der Waals surface area contributed by atoms with Gasteiger partial charge in [-0.2, -0.15) is 0 Å². The molecule has 0 saturated heterocycles. The first-order valence-corrected chi connectivity index (χ1v) is 7.52. The van der Waals surface area contributed by atoms with Crippen LogP contribution < -0.4 is 10.2 Å². The molecular weight excluding hydrogens is 258 g/mol. The lowest BCUT2D eigenvalue weighted by Gasteiger charge is -2.36. The monoisotopic (exact) mass is 281 g/mol. The maximum absolute atomic E-state index is 3.53. The normalized spacial score (nSPS) is 14.4. The summed E-state index contributed by atoms with van der Waals surface area (Å²) in [6, 6.07) is 17.1. The lowest BCUT2D eigenvalue weighted by molar-refractivity contribution is 0.343. The van der Waals surface area contributed by atoms with E-state index in [4.69, 9.17) is 0 Å². The second-order valence-corrected chi connectivity index (χ2v) is 6.14. The largest absolute Gasteiger partial charge is 0.352 e. The van der Waals surface area contributed by atoms with Crippen LogP contribution in [0.5, 0.6) is 0 Å². The number of fused-ring (bicyclic) bond motifs is 2. The molecule has 0 spiro atoms. The molecule has 0 bridgehead atoms. The number of hydrogen-bond donors (Lipinski definition) is 1. The van der Waals surface area contributed by atoms with Gasteiger partial charge in [-0.15, -0.1) is 0 Å². The van der Waals surface area contributed by atoms with E-state index in [-0.39, 0.29) is 0 Å². The second kappa shape index (κ2) is 5.78. The third kappa shape index (κ3) is 2.88. The Bertz CT molecular complexity index is 576. The molecule has 1 heterocycles. The van der Waals surface area contributed by atoms with Crippen LogP contribution in [0.3, 0.4) is 0 Å². The molecule has 2 aromatic carbocycles. The predicted octanol–water partition coefficient (Wildman–Crippen LogP) is 4.08. The average Bonchev–Trinajstić information content (AvgIpc) is 2.46. The first kappa shape index (κ1) is 14.0. The quantitative estimate of drug-likeness (QED) is 0.911. The molecule has 110 valence electrons. The molecule has 1 aliphatic rings. The molecule has 3 nitrogen and oxygen atoms in total. The van der Waals surface area contributed by atoms with Crippen molar-refractivity contribution >= 4 is 22.7 Å². The minimum atomic E-state index is 0.596. The van der Waals surface area contributed by atoms with Crippen LogP contribution >= 0.6 is 0 Å². The zero-order valence-electron chi connectivity index (χ0n) is 13.0. The number of para-hydroxylation sites is 4. The molecule has 2 aromatic rings. The van der Waals surface area contributed by atoms with Crippen molar-refractivity contribution < 1.29 is 0 Å². The van der Waals surface area contributed by atoms with Crippen molar-refractivity contribution in [2.45, 2.75) is 6.92 Å². The Morgan fingerprint density at radius 3 is 2.00 bits per heavy atom. The van der Waals surface area contributed by atoms with Gasteiger partial charge in [0.05, 0.1) is 22.7 Å². The van der Waals surface area contributed by atoms with Gasteiger partial charge in [0, 0.05) is 13.1 Å². The van der Waals surface area contributed by atoms with Gasteiger partial charge >= 0.3 is 0 Å². The molecule has 0 radical (unpaired) electrons. The Balaban J connectivity index is 1.95. The number of rotatable bonds is 4. The highest BCUT2D eigenvalue weighted by atomic mass is 15.2. The summed E-state index contributed by atoms with van der Waals surface area (Å²) in [6.45, 7) is 4.43. The van der Waals surface area contributed by atoms with E-state index < -0.39 is 0 Å². The zero-order chi connectivity index (χ0) is 14.8. The molecule has 0 fully saturated rings. The zero-order valence-corrected chi connectivity index (χ0v) is 13.0. The van der Waals surface area contributed by atoms with Gasteiger partial charge in [-0.25, -0.2) is 0 Å². The summed E-state index contributed by atoms with van der Waals surface area (Å²) in [6.07, 6.45) is 0. The Hall–Kier alpha value is -2.00. The number of benzene rings is 2. The van der Waals surface area contributed by atoms with Crippen molar-refractivity contribution in [1.29, 1.82) is 0 Å². The van der Waals surface area contributed by atoms with E-state index in [2.05, 4.69) is 84.7 Å². The molecular formula is C18H23N3. The molecule has 3 heteroatoms. The van der Waals surface area contributed by atoms with Gasteiger partial charge in [0.2, 0.25) is 0 Å². The lowest BCUT2D eigenvalue weighted by atomic mass is 10.1. The molecule has 1 N–H and O–H groups in total. The van der Waals surface area contributed by atoms with Crippen molar-refractivity contribution in [3.05, 3.63) is 48.5 Å². The molecule has 21 heavy (non-hydrogen) atoms. The SMILES string of the molecule is CC(CN(C)C)CN1c2ccccc2Nc2ccccc21. The lowest BCUT2D eigenvalue weighted by Crippen LogP contribution is -2.32. The van der Waals surface area contributed by atoms with Gasteiger partial charge < -0.3 is 15.1 Å². The molecule has 0 aliphatic carbocycles. The van der Waals surface area contributed by atoms with Gasteiger partial charge in [-0.3, -0.25) is 0 Å². The van der Waals surface area contributed by atoms with Crippen LogP contribution in [0.1, 0.15) is 6.92 Å². The summed E-state index contributed by atoms with van der Waals surface area (Å²) >= 11 is 0. The van der Waals surface area contributed by atoms with Crippen LogP contribution in [0.25, 0.3) is 0 Å². The van der Waals surface area contributed by atoms with Crippen LogP contribution in [0.15, 0.2) is 48.5 Å². The molecule has 0 amide bonds. The summed E-state index contributed by atoms with van der Waals surface area (Å²) in [7, 11) is 4.27. The third-order valence-electron chi connectivity index (χ3n) is 3.83. The van der Waals surface area contributed by atoms with Gasteiger partial charge in [-0.05, 0) is 44.3 Å². The summed E-state index contributed by atoms with van der Waals surface area (Å²) in [5.74, 6) is 0.596. The average molecular weight is 281 g/mol. The van der Waals surface area contributed by atoms with E-state index in [0.717, 1.165) is 13.1 Å². The minimum Gasteiger partial charge on any atom is -0.352 e. The van der Waals surface area contributed by atoms with Crippen LogP contribution in [0.2, 0.25) is 0 Å². The third-order valence-corrected chi connectivity index (χ3v) is 3.83. The molecule has 3 rings (SSSR count). The first-order chi connectivity index (χ1) is 10.1. The van der Waals surface area contributed by atoms with Crippen molar-refractivity contribution in [3.63, 3.8) is 0 Å². The predicted molar refractivity (Wildman–Crippen MR) is 90.9 cm³/mol. The van der Waals surface area contributed by atoms with Crippen molar-refractivity contribution in [3.8, 4) is 0 Å². The molecule has 1 atom stereocenters. The van der Waals surface area contributed by atoms with Crippen molar-refractivity contribution in [2.75, 3.05) is 37.4 Å². The fraction of sp³-hybridized carbons (Fsp3) is 0.333. The van der Waals surface area contributed by atoms with Crippen molar-refractivity contribution in [2.24, 2.45) is 5.92 Å². The van der Waals surface area contributed by atoms with Crippen LogP contribution in [-0.4, -0.2) is 32.1 Å². The summed E-state index contributed by atoms with van der Waals surface area (Å²) in [5, 5.41) is 3.53. The fourth-order valence-corrected chi connectivity index (χ4v) is 3.09. The van der Waals surface area contributed by atoms with E-state index >= 15 is 0 Å². The number of anilines is 4. The highest BCUT2D eigenvalue weighted by Crippen LogP contribution is 2.43. The van der Waals surface area contributed by atoms with E-state index in [1.54, 1.807) is 0 Å². The molecule has 0 saturated carbocycles. The fourth-order valence-electron chi connectivity index (χ4n) is 3.09. The molecule has 1 aliphatic heterocycles. The number of hydrogen-bond acceptors (Lipinski definition) is 3. The van der Waals surface area contributed by atoms with Gasteiger partial charge in [0.1, 0.15) is 0 Å². The summed E-state index contributed by atoms with van der Waals surface area (Å²) in [4.78, 5) is 4.69. The number of nitrogens with zero attached hydrogens (tertiary/aromatic N) is 2. The summed E-state index contributed by atoms with van der Waals surface area (Å²) in [5.41, 5.74) is 4.91. The van der Waals surface area contributed by atoms with E-state index in [0.29, 0.717) is 5.92 Å². The Morgan fingerprint density at radius 1 is 0.952 bits per heavy atom. The number of nitrogens with one attached hydrogen (secondary N) is 1. The minimum absolute atomic E-state index is 0.596. The van der Waals surface area contributed by atoms with Crippen molar-refractivity contribution in [1.82, 2.24) is 4.90 Å². The standard InChI is InChI=1S/C18H23N3/c1-14(12-20(2)3)13-21-17-10-6-4-8-15(17)19-16-9-5-7-11-18(16)21/h4-11,14,19H,12-13H2,1-3H3. The topological polar surface area (TPSA) is 18.5 Å². The van der Waals surface area contributed by atoms with Gasteiger partial charge in [0.15, 0.2) is 0 Å². The van der Waals surface area contributed by atoms with Gasteiger partial charge in [-0.1, -0.05) is 31.2 Å². The second-order valence-electron chi connectivity index (χ2n) is 6.14. The van der Waals surface area contributed by atoms with Crippen LogP contribution in [-0.2, 0) is 0 Å². The Morgan fingerprint density at radius 2 is 1.48 bits per heavy atom. The summed E-state index contributed by atoms with van der Waals surface area (Å²) < 4.78 is 0. The van der Waals surface area contributed by atoms with Crippen LogP contribution in [0.4, 0.5) is 22.7 Å². The van der Waals surface area contributed by atoms with E-state index in [9.17, 15) is 0 Å². The maximum atomic E-state index is 3.53. The van der Waals surface area contributed by atoms with Gasteiger partial charge in [0.25, 0.3) is 0 Å². The maximum Gasteiger partial charge on any atom is 0.0650 e. The van der Waals surface area contributed by atoms with Crippen LogP contribution in [0, 0.1) is 5.92 Å². The molecule has 1 unspecified atom stereocenters. The smallest absolute Gasteiger partial charge is 0.0650 e. The first-order valence-electron chi connectivity index (χ1n) is 7.52. The Kier molecular flexibility index (Phi) is 3.84.